The number of rotatable bonds is 5. The molecule has 0 atom stereocenters. The molecule has 0 aromatic heterocycles. The molecule has 1 aliphatic carbocycles. The fourth-order valence-corrected chi connectivity index (χ4v) is 1.76. The number of nitrogens with two attached hydrogens (primary N) is 1. The minimum Gasteiger partial charge on any atom is -0.482 e. The van der Waals surface area contributed by atoms with Crippen molar-refractivity contribution in [3.63, 3.8) is 0 Å². The van der Waals surface area contributed by atoms with Crippen molar-refractivity contribution in [2.45, 2.75) is 25.4 Å². The summed E-state index contributed by atoms with van der Waals surface area (Å²) in [5, 5.41) is 3.32. The molecular weight excluding hydrogens is 240 g/mol. The number of halogens is 1. The van der Waals surface area contributed by atoms with Crippen LogP contribution in [0.5, 0.6) is 5.75 Å². The number of nitrogens with one attached hydrogen (secondary N) is 1. The maximum absolute atomic E-state index is 11.5. The van der Waals surface area contributed by atoms with Crippen LogP contribution in [0, 0.1) is 0 Å². The van der Waals surface area contributed by atoms with Crippen LogP contribution in [-0.2, 0) is 11.3 Å². The van der Waals surface area contributed by atoms with E-state index in [4.69, 9.17) is 22.1 Å². The van der Waals surface area contributed by atoms with Gasteiger partial charge in [-0.2, -0.15) is 0 Å². The summed E-state index contributed by atoms with van der Waals surface area (Å²) < 4.78 is 5.43. The zero-order valence-corrected chi connectivity index (χ0v) is 10.2. The van der Waals surface area contributed by atoms with E-state index in [-0.39, 0.29) is 12.5 Å². The molecule has 92 valence electrons. The van der Waals surface area contributed by atoms with Crippen LogP contribution < -0.4 is 15.8 Å². The monoisotopic (exact) mass is 254 g/mol. The highest BCUT2D eigenvalue weighted by molar-refractivity contribution is 6.32. The van der Waals surface area contributed by atoms with E-state index in [9.17, 15) is 4.79 Å². The van der Waals surface area contributed by atoms with Gasteiger partial charge < -0.3 is 15.8 Å². The highest BCUT2D eigenvalue weighted by atomic mass is 35.5. The van der Waals surface area contributed by atoms with Crippen LogP contribution in [0.1, 0.15) is 18.4 Å². The molecule has 1 amide bonds. The Labute approximate surface area is 105 Å². The van der Waals surface area contributed by atoms with Gasteiger partial charge in [0, 0.05) is 18.2 Å². The van der Waals surface area contributed by atoms with Gasteiger partial charge in [-0.25, -0.2) is 0 Å². The first-order valence-electron chi connectivity index (χ1n) is 5.60. The van der Waals surface area contributed by atoms with Crippen molar-refractivity contribution in [2.24, 2.45) is 5.73 Å². The molecule has 1 fully saturated rings. The van der Waals surface area contributed by atoms with E-state index < -0.39 is 0 Å². The Morgan fingerprint density at radius 2 is 2.29 bits per heavy atom. The summed E-state index contributed by atoms with van der Waals surface area (Å²) in [5.74, 6) is 0.387. The molecule has 5 heteroatoms. The first kappa shape index (κ1) is 12.2. The van der Waals surface area contributed by atoms with Gasteiger partial charge in [0.05, 0.1) is 5.02 Å². The summed E-state index contributed by atoms with van der Waals surface area (Å²) in [5.41, 5.74) is 6.38. The van der Waals surface area contributed by atoms with E-state index in [1.165, 1.54) is 0 Å². The van der Waals surface area contributed by atoms with Gasteiger partial charge in [0.2, 0.25) is 0 Å². The number of carbonyl (C=O) groups excluding carboxylic acids is 1. The third-order valence-electron chi connectivity index (χ3n) is 2.56. The summed E-state index contributed by atoms with van der Waals surface area (Å²) in [6.45, 7) is 0.313. The average molecular weight is 255 g/mol. The van der Waals surface area contributed by atoms with Gasteiger partial charge in [-0.1, -0.05) is 23.7 Å². The second-order valence-corrected chi connectivity index (χ2v) is 4.47. The molecule has 0 spiro atoms. The summed E-state index contributed by atoms with van der Waals surface area (Å²) in [6.07, 6.45) is 2.12. The number of hydrogen-bond acceptors (Lipinski definition) is 3. The largest absolute Gasteiger partial charge is 0.482 e. The zero-order chi connectivity index (χ0) is 12.3. The lowest BCUT2D eigenvalue weighted by Gasteiger charge is -2.11. The predicted octanol–water partition coefficient (Wildman–Crippen LogP) is 1.46. The second kappa shape index (κ2) is 5.38. The van der Waals surface area contributed by atoms with E-state index in [0.717, 1.165) is 18.4 Å². The summed E-state index contributed by atoms with van der Waals surface area (Å²) in [4.78, 5) is 11.5. The van der Waals surface area contributed by atoms with Gasteiger partial charge in [0.1, 0.15) is 5.75 Å². The fourth-order valence-electron chi connectivity index (χ4n) is 1.51. The molecule has 1 aromatic rings. The second-order valence-electron chi connectivity index (χ2n) is 4.06. The lowest BCUT2D eigenvalue weighted by molar-refractivity contribution is -0.123. The van der Waals surface area contributed by atoms with Gasteiger partial charge in [-0.05, 0) is 18.9 Å². The molecule has 0 saturated heterocycles. The number of benzene rings is 1. The molecule has 0 radical (unpaired) electrons. The van der Waals surface area contributed by atoms with Crippen molar-refractivity contribution in [3.8, 4) is 5.75 Å². The molecule has 1 aromatic carbocycles. The maximum atomic E-state index is 11.5. The van der Waals surface area contributed by atoms with Gasteiger partial charge in [-0.15, -0.1) is 0 Å². The number of ether oxygens (including phenoxy) is 1. The molecule has 0 bridgehead atoms. The molecule has 1 aliphatic rings. The van der Waals surface area contributed by atoms with E-state index >= 15 is 0 Å². The van der Waals surface area contributed by atoms with Crippen molar-refractivity contribution in [1.29, 1.82) is 0 Å². The molecule has 17 heavy (non-hydrogen) atoms. The van der Waals surface area contributed by atoms with Crippen LogP contribution in [0.2, 0.25) is 5.02 Å². The van der Waals surface area contributed by atoms with Gasteiger partial charge >= 0.3 is 0 Å². The molecule has 0 unspecified atom stereocenters. The minimum atomic E-state index is -0.115. The lowest BCUT2D eigenvalue weighted by atomic mass is 10.2. The Morgan fingerprint density at radius 3 is 2.94 bits per heavy atom. The van der Waals surface area contributed by atoms with Crippen molar-refractivity contribution in [3.05, 3.63) is 28.8 Å². The topological polar surface area (TPSA) is 64.3 Å². The molecule has 4 nitrogen and oxygen atoms in total. The number of carbonyl (C=O) groups is 1. The highest BCUT2D eigenvalue weighted by Gasteiger charge is 2.23. The smallest absolute Gasteiger partial charge is 0.258 e. The van der Waals surface area contributed by atoms with E-state index in [1.54, 1.807) is 6.07 Å². The minimum absolute atomic E-state index is 0.0206. The standard InChI is InChI=1S/C12H15ClN2O2/c13-10-3-1-2-8(6-14)12(10)17-7-11(16)15-9-4-5-9/h1-3,9H,4-7,14H2,(H,15,16). The van der Waals surface area contributed by atoms with Gasteiger partial charge in [-0.3, -0.25) is 4.79 Å². The van der Waals surface area contributed by atoms with E-state index in [0.29, 0.717) is 23.4 Å². The lowest BCUT2D eigenvalue weighted by Crippen LogP contribution is -2.30. The third-order valence-corrected chi connectivity index (χ3v) is 2.86. The van der Waals surface area contributed by atoms with Crippen LogP contribution in [-0.4, -0.2) is 18.6 Å². The van der Waals surface area contributed by atoms with Gasteiger partial charge in [0.15, 0.2) is 6.61 Å². The van der Waals surface area contributed by atoms with Crippen LogP contribution in [0.15, 0.2) is 18.2 Å². The Balaban J connectivity index is 1.94. The summed E-state index contributed by atoms with van der Waals surface area (Å²) >= 11 is 6.00. The van der Waals surface area contributed by atoms with Crippen LogP contribution >= 0.6 is 11.6 Å². The molecule has 0 heterocycles. The zero-order valence-electron chi connectivity index (χ0n) is 9.41. The SMILES string of the molecule is NCc1cccc(Cl)c1OCC(=O)NC1CC1. The molecule has 0 aliphatic heterocycles. The number of amides is 1. The van der Waals surface area contributed by atoms with Crippen molar-refractivity contribution in [2.75, 3.05) is 6.61 Å². The third kappa shape index (κ3) is 3.35. The van der Waals surface area contributed by atoms with Crippen molar-refractivity contribution < 1.29 is 9.53 Å². The first-order chi connectivity index (χ1) is 8.20. The Morgan fingerprint density at radius 1 is 1.53 bits per heavy atom. The normalized spacial score (nSPS) is 14.5. The molecule has 2 rings (SSSR count). The maximum Gasteiger partial charge on any atom is 0.258 e. The summed E-state index contributed by atoms with van der Waals surface area (Å²) in [7, 11) is 0. The summed E-state index contributed by atoms with van der Waals surface area (Å²) in [6, 6.07) is 5.70. The molecular formula is C12H15ClN2O2. The Kier molecular flexibility index (Phi) is 3.86. The Bertz CT molecular complexity index is 419. The van der Waals surface area contributed by atoms with Crippen LogP contribution in [0.25, 0.3) is 0 Å². The molecule has 1 saturated carbocycles. The quantitative estimate of drug-likeness (QED) is 0.836. The van der Waals surface area contributed by atoms with Crippen molar-refractivity contribution in [1.82, 2.24) is 5.32 Å². The van der Waals surface area contributed by atoms with Crippen molar-refractivity contribution >= 4 is 17.5 Å². The first-order valence-corrected chi connectivity index (χ1v) is 5.98. The average Bonchev–Trinajstić information content (AvgIpc) is 3.11. The fraction of sp³-hybridized carbons (Fsp3) is 0.417. The molecule has 3 N–H and O–H groups in total. The van der Waals surface area contributed by atoms with Crippen LogP contribution in [0.3, 0.4) is 0 Å². The van der Waals surface area contributed by atoms with Gasteiger partial charge in [0.25, 0.3) is 5.91 Å². The van der Waals surface area contributed by atoms with E-state index in [1.807, 2.05) is 12.1 Å². The predicted molar refractivity (Wildman–Crippen MR) is 66.0 cm³/mol. The highest BCUT2D eigenvalue weighted by Crippen LogP contribution is 2.28. The number of para-hydroxylation sites is 1. The number of hydrogen-bond donors (Lipinski definition) is 2. The van der Waals surface area contributed by atoms with Crippen LogP contribution in [0.4, 0.5) is 0 Å². The van der Waals surface area contributed by atoms with E-state index in [2.05, 4.69) is 5.32 Å². The Hall–Kier alpha value is -1.26.